The van der Waals surface area contributed by atoms with Gasteiger partial charge in [0, 0.05) is 12.1 Å². The van der Waals surface area contributed by atoms with Crippen LogP contribution in [0.1, 0.15) is 16.7 Å². The minimum absolute atomic E-state index is 0.00252. The molecule has 1 heterocycles. The summed E-state index contributed by atoms with van der Waals surface area (Å²) in [5.74, 6) is 0.583. The molecule has 0 aliphatic carbocycles. The van der Waals surface area contributed by atoms with Crippen LogP contribution in [-0.4, -0.2) is 28.1 Å². The summed E-state index contributed by atoms with van der Waals surface area (Å²) in [4.78, 5) is 37.9. The molecule has 4 aromatic carbocycles. The molecular formula is C29H22N2O6S. The Balaban J connectivity index is 1.34. The Hall–Kier alpha value is -4.63. The SMILES string of the molecule is COc1ccc(/C=C2\SC(=O)N(Cc3cccc4ccccc34)C2=O)cc1OCc1ccc([N+](=O)[O-])cc1. The van der Waals surface area contributed by atoms with Gasteiger partial charge in [-0.1, -0.05) is 48.5 Å². The van der Waals surface area contributed by atoms with Crippen LogP contribution in [0.2, 0.25) is 0 Å². The molecule has 1 aliphatic heterocycles. The number of benzene rings is 4. The van der Waals surface area contributed by atoms with E-state index in [9.17, 15) is 19.7 Å². The third-order valence-electron chi connectivity index (χ3n) is 6.11. The molecule has 4 aromatic rings. The van der Waals surface area contributed by atoms with E-state index in [1.54, 1.807) is 36.4 Å². The lowest BCUT2D eigenvalue weighted by molar-refractivity contribution is -0.384. The number of carbonyl (C=O) groups excluding carboxylic acids is 2. The van der Waals surface area contributed by atoms with E-state index in [0.29, 0.717) is 22.0 Å². The van der Waals surface area contributed by atoms with Gasteiger partial charge in [0.1, 0.15) is 6.61 Å². The molecular weight excluding hydrogens is 504 g/mol. The van der Waals surface area contributed by atoms with Crippen LogP contribution in [0.3, 0.4) is 0 Å². The number of thioether (sulfide) groups is 1. The van der Waals surface area contributed by atoms with Crippen molar-refractivity contribution in [3.05, 3.63) is 117 Å². The molecule has 190 valence electrons. The first-order chi connectivity index (χ1) is 18.4. The van der Waals surface area contributed by atoms with Crippen LogP contribution in [0.5, 0.6) is 11.5 Å². The minimum Gasteiger partial charge on any atom is -0.493 e. The second kappa shape index (κ2) is 10.8. The van der Waals surface area contributed by atoms with Crippen LogP contribution < -0.4 is 9.47 Å². The minimum atomic E-state index is -0.457. The van der Waals surface area contributed by atoms with Crippen molar-refractivity contribution in [2.75, 3.05) is 7.11 Å². The maximum Gasteiger partial charge on any atom is 0.293 e. The highest BCUT2D eigenvalue weighted by Gasteiger charge is 2.35. The highest BCUT2D eigenvalue weighted by atomic mass is 32.2. The molecule has 0 atom stereocenters. The molecule has 9 heteroatoms. The van der Waals surface area contributed by atoms with Crippen molar-refractivity contribution in [2.24, 2.45) is 0 Å². The average molecular weight is 527 g/mol. The molecule has 1 aliphatic rings. The van der Waals surface area contributed by atoms with Crippen LogP contribution in [0.4, 0.5) is 10.5 Å². The lowest BCUT2D eigenvalue weighted by Crippen LogP contribution is -2.27. The standard InChI is InChI=1S/C29H22N2O6S/c1-36-25-14-11-20(15-26(25)37-18-19-9-12-23(13-10-19)31(34)35)16-27-28(32)30(29(33)38-27)17-22-7-4-6-21-5-2-3-8-24(21)22/h2-16H,17-18H2,1H3/b27-16-. The first-order valence-electron chi connectivity index (χ1n) is 11.7. The van der Waals surface area contributed by atoms with Crippen molar-refractivity contribution in [3.8, 4) is 11.5 Å². The summed E-state index contributed by atoms with van der Waals surface area (Å²) in [7, 11) is 1.52. The lowest BCUT2D eigenvalue weighted by atomic mass is 10.0. The Labute approximate surface area is 222 Å². The van der Waals surface area contributed by atoms with Gasteiger partial charge in [0.05, 0.1) is 23.5 Å². The summed E-state index contributed by atoms with van der Waals surface area (Å²) in [5, 5.41) is 12.6. The first-order valence-corrected chi connectivity index (χ1v) is 12.5. The van der Waals surface area contributed by atoms with Crippen molar-refractivity contribution < 1.29 is 24.0 Å². The van der Waals surface area contributed by atoms with E-state index in [1.807, 2.05) is 42.5 Å². The Bertz CT molecular complexity index is 1580. The van der Waals surface area contributed by atoms with Gasteiger partial charge in [-0.2, -0.15) is 0 Å². The molecule has 0 aromatic heterocycles. The summed E-state index contributed by atoms with van der Waals surface area (Å²) in [6, 6.07) is 25.0. The highest BCUT2D eigenvalue weighted by molar-refractivity contribution is 8.18. The van der Waals surface area contributed by atoms with Gasteiger partial charge >= 0.3 is 0 Å². The molecule has 0 bridgehead atoms. The normalized spacial score (nSPS) is 14.3. The Morgan fingerprint density at radius 1 is 0.947 bits per heavy atom. The van der Waals surface area contributed by atoms with E-state index in [4.69, 9.17) is 9.47 Å². The number of ether oxygens (including phenoxy) is 2. The highest BCUT2D eigenvalue weighted by Crippen LogP contribution is 2.36. The number of amides is 2. The molecule has 5 rings (SSSR count). The smallest absolute Gasteiger partial charge is 0.293 e. The Morgan fingerprint density at radius 3 is 2.47 bits per heavy atom. The van der Waals surface area contributed by atoms with Crippen LogP contribution in [0, 0.1) is 10.1 Å². The molecule has 8 nitrogen and oxygen atoms in total. The van der Waals surface area contributed by atoms with E-state index < -0.39 is 4.92 Å². The monoisotopic (exact) mass is 526 g/mol. The predicted octanol–water partition coefficient (Wildman–Crippen LogP) is 6.57. The lowest BCUT2D eigenvalue weighted by Gasteiger charge is -2.14. The zero-order valence-electron chi connectivity index (χ0n) is 20.3. The van der Waals surface area contributed by atoms with Gasteiger partial charge in [0.15, 0.2) is 11.5 Å². The van der Waals surface area contributed by atoms with E-state index in [2.05, 4.69) is 0 Å². The van der Waals surface area contributed by atoms with Gasteiger partial charge < -0.3 is 9.47 Å². The number of nitro benzene ring substituents is 1. The molecule has 0 spiro atoms. The molecule has 1 saturated heterocycles. The number of carbonyl (C=O) groups is 2. The Kier molecular flexibility index (Phi) is 7.10. The summed E-state index contributed by atoms with van der Waals surface area (Å²) >= 11 is 0.902. The number of fused-ring (bicyclic) bond motifs is 1. The van der Waals surface area contributed by atoms with Gasteiger partial charge in [-0.25, -0.2) is 0 Å². The number of imide groups is 1. The third kappa shape index (κ3) is 5.23. The number of hydrogen-bond acceptors (Lipinski definition) is 7. The van der Waals surface area contributed by atoms with E-state index in [1.165, 1.54) is 24.1 Å². The Morgan fingerprint density at radius 2 is 1.71 bits per heavy atom. The van der Waals surface area contributed by atoms with Gasteiger partial charge in [-0.3, -0.25) is 24.6 Å². The van der Waals surface area contributed by atoms with Gasteiger partial charge in [0.25, 0.3) is 16.8 Å². The van der Waals surface area contributed by atoms with Gasteiger partial charge in [0.2, 0.25) is 0 Å². The number of nitrogens with zero attached hydrogens (tertiary/aromatic N) is 2. The van der Waals surface area contributed by atoms with Gasteiger partial charge in [-0.15, -0.1) is 0 Å². The number of rotatable bonds is 8. The number of non-ortho nitro benzene ring substituents is 1. The van der Waals surface area contributed by atoms with Gasteiger partial charge in [-0.05, 0) is 69.6 Å². The van der Waals surface area contributed by atoms with Crippen LogP contribution >= 0.6 is 11.8 Å². The second-order valence-electron chi connectivity index (χ2n) is 8.53. The first kappa shape index (κ1) is 25.0. The zero-order chi connectivity index (χ0) is 26.6. The maximum atomic E-state index is 13.2. The van der Waals surface area contributed by atoms with E-state index in [-0.39, 0.29) is 30.0 Å². The van der Waals surface area contributed by atoms with E-state index >= 15 is 0 Å². The predicted molar refractivity (Wildman–Crippen MR) is 146 cm³/mol. The molecule has 0 saturated carbocycles. The fourth-order valence-electron chi connectivity index (χ4n) is 4.16. The van der Waals surface area contributed by atoms with Crippen molar-refractivity contribution in [3.63, 3.8) is 0 Å². The van der Waals surface area contributed by atoms with Crippen molar-refractivity contribution >= 4 is 45.4 Å². The molecule has 1 fully saturated rings. The van der Waals surface area contributed by atoms with E-state index in [0.717, 1.165) is 33.7 Å². The summed E-state index contributed by atoms with van der Waals surface area (Å²) in [6.07, 6.45) is 1.66. The second-order valence-corrected chi connectivity index (χ2v) is 9.52. The van der Waals surface area contributed by atoms with Crippen molar-refractivity contribution in [1.29, 1.82) is 0 Å². The molecule has 38 heavy (non-hydrogen) atoms. The maximum absolute atomic E-state index is 13.2. The van der Waals surface area contributed by atoms with Crippen LogP contribution in [0.25, 0.3) is 16.8 Å². The molecule has 0 radical (unpaired) electrons. The largest absolute Gasteiger partial charge is 0.493 e. The number of hydrogen-bond donors (Lipinski definition) is 0. The number of nitro groups is 1. The fourth-order valence-corrected chi connectivity index (χ4v) is 5.00. The summed E-state index contributed by atoms with van der Waals surface area (Å²) in [5.41, 5.74) is 2.32. The third-order valence-corrected chi connectivity index (χ3v) is 7.02. The van der Waals surface area contributed by atoms with Crippen molar-refractivity contribution in [2.45, 2.75) is 13.2 Å². The molecule has 2 amide bonds. The molecule has 0 N–H and O–H groups in total. The van der Waals surface area contributed by atoms with Crippen molar-refractivity contribution in [1.82, 2.24) is 4.90 Å². The average Bonchev–Trinajstić information content (AvgIpc) is 3.19. The van der Waals surface area contributed by atoms with Crippen LogP contribution in [-0.2, 0) is 17.9 Å². The summed E-state index contributed by atoms with van der Waals surface area (Å²) in [6.45, 7) is 0.356. The fraction of sp³-hybridized carbons (Fsp3) is 0.103. The number of methoxy groups -OCH3 is 1. The quantitative estimate of drug-likeness (QED) is 0.145. The summed E-state index contributed by atoms with van der Waals surface area (Å²) < 4.78 is 11.3. The molecule has 0 unspecified atom stereocenters. The topological polar surface area (TPSA) is 99.0 Å². The zero-order valence-corrected chi connectivity index (χ0v) is 21.1. The van der Waals surface area contributed by atoms with Crippen LogP contribution in [0.15, 0.2) is 89.8 Å².